The molecule has 0 aromatic heterocycles. The summed E-state index contributed by atoms with van der Waals surface area (Å²) in [4.78, 5) is 0. The Hall–Kier alpha value is 1.00. The molecule has 2 fully saturated rings. The average molecular weight is 583 g/mol. The summed E-state index contributed by atoms with van der Waals surface area (Å²) in [6, 6.07) is 0. The van der Waals surface area contributed by atoms with Gasteiger partial charge in [0.15, 0.2) is 0 Å². The maximum Gasteiger partial charge on any atom is -0.00205 e. The first-order chi connectivity index (χ1) is 15.4. The number of hydrogen-bond acceptors (Lipinski definition) is 4. The molecule has 8 heteroatoms. The molecular formula is C27H60Cl4N4. The third-order valence-electron chi connectivity index (χ3n) is 7.44. The van der Waals surface area contributed by atoms with E-state index in [1.165, 1.54) is 162 Å². The Balaban J connectivity index is -0.00000256. The fourth-order valence-electron chi connectivity index (χ4n) is 5.35. The van der Waals surface area contributed by atoms with Gasteiger partial charge in [-0.15, -0.1) is 49.6 Å². The smallest absolute Gasteiger partial charge is 0.00205 e. The van der Waals surface area contributed by atoms with E-state index in [1.807, 2.05) is 0 Å². The summed E-state index contributed by atoms with van der Waals surface area (Å²) in [6.45, 7) is 9.65. The van der Waals surface area contributed by atoms with E-state index in [1.54, 1.807) is 0 Å². The molecule has 0 spiro atoms. The van der Waals surface area contributed by atoms with E-state index in [0.29, 0.717) is 0 Å². The first-order valence-electron chi connectivity index (χ1n) is 14.3. The molecule has 0 aromatic rings. The van der Waals surface area contributed by atoms with E-state index >= 15 is 0 Å². The van der Waals surface area contributed by atoms with E-state index < -0.39 is 0 Å². The Morgan fingerprint density at radius 1 is 0.343 bits per heavy atom. The number of nitrogens with one attached hydrogen (secondary N) is 4. The zero-order valence-electron chi connectivity index (χ0n) is 22.5. The van der Waals surface area contributed by atoms with Crippen LogP contribution >= 0.6 is 49.6 Å². The van der Waals surface area contributed by atoms with Crippen molar-refractivity contribution in [3.8, 4) is 0 Å². The van der Waals surface area contributed by atoms with Crippen LogP contribution < -0.4 is 21.3 Å². The quantitative estimate of drug-likeness (QED) is 0.118. The van der Waals surface area contributed by atoms with E-state index in [9.17, 15) is 0 Å². The number of hydrogen-bond donors (Lipinski definition) is 4. The molecule has 0 saturated heterocycles. The van der Waals surface area contributed by atoms with E-state index in [4.69, 9.17) is 0 Å². The van der Waals surface area contributed by atoms with Gasteiger partial charge in [0.1, 0.15) is 0 Å². The lowest BCUT2D eigenvalue weighted by Crippen LogP contribution is -2.27. The Morgan fingerprint density at radius 2 is 0.657 bits per heavy atom. The second kappa shape index (κ2) is 31.2. The molecule has 4 nitrogen and oxygen atoms in total. The van der Waals surface area contributed by atoms with Gasteiger partial charge in [0.2, 0.25) is 0 Å². The summed E-state index contributed by atoms with van der Waals surface area (Å²) in [5.41, 5.74) is 0. The maximum atomic E-state index is 3.67. The van der Waals surface area contributed by atoms with Crippen LogP contribution in [0.2, 0.25) is 0 Å². The summed E-state index contributed by atoms with van der Waals surface area (Å²) in [5, 5.41) is 14.6. The Morgan fingerprint density at radius 3 is 1.06 bits per heavy atom. The van der Waals surface area contributed by atoms with Crippen LogP contribution in [-0.4, -0.2) is 52.4 Å². The first kappa shape index (κ1) is 40.5. The van der Waals surface area contributed by atoms with Gasteiger partial charge in [-0.3, -0.25) is 0 Å². The van der Waals surface area contributed by atoms with Crippen LogP contribution in [-0.2, 0) is 0 Å². The monoisotopic (exact) mass is 580 g/mol. The summed E-state index contributed by atoms with van der Waals surface area (Å²) in [6.07, 6.45) is 24.0. The predicted molar refractivity (Wildman–Crippen MR) is 166 cm³/mol. The predicted octanol–water partition coefficient (Wildman–Crippen LogP) is 6.92. The van der Waals surface area contributed by atoms with Gasteiger partial charge in [-0.1, -0.05) is 57.8 Å². The van der Waals surface area contributed by atoms with Gasteiger partial charge in [-0.25, -0.2) is 0 Å². The third-order valence-corrected chi connectivity index (χ3v) is 7.44. The summed E-state index contributed by atoms with van der Waals surface area (Å²) in [5.74, 6) is 1.93. The van der Waals surface area contributed by atoms with Crippen LogP contribution in [0.4, 0.5) is 0 Å². The average Bonchev–Trinajstić information content (AvgIpc) is 2.82. The molecule has 0 amide bonds. The van der Waals surface area contributed by atoms with Gasteiger partial charge in [0.25, 0.3) is 0 Å². The molecule has 2 rings (SSSR count). The fraction of sp³-hybridized carbons (Fsp3) is 1.00. The highest BCUT2D eigenvalue weighted by atomic mass is 35.5. The third kappa shape index (κ3) is 25.1. The normalized spacial score (nSPS) is 16.5. The number of rotatable bonds is 20. The highest BCUT2D eigenvalue weighted by Crippen LogP contribution is 2.23. The number of halogens is 4. The molecule has 2 aliphatic carbocycles. The molecule has 0 aromatic carbocycles. The fourth-order valence-corrected chi connectivity index (χ4v) is 5.35. The summed E-state index contributed by atoms with van der Waals surface area (Å²) >= 11 is 0. The molecule has 0 heterocycles. The van der Waals surface area contributed by atoms with Crippen molar-refractivity contribution in [3.05, 3.63) is 0 Å². The summed E-state index contributed by atoms with van der Waals surface area (Å²) in [7, 11) is 0. The van der Waals surface area contributed by atoms with E-state index in [0.717, 1.165) is 11.8 Å². The van der Waals surface area contributed by atoms with Gasteiger partial charge in [0, 0.05) is 0 Å². The highest BCUT2D eigenvalue weighted by Gasteiger charge is 2.12. The molecule has 0 unspecified atom stereocenters. The van der Waals surface area contributed by atoms with Gasteiger partial charge in [-0.2, -0.15) is 0 Å². The molecule has 2 saturated carbocycles. The molecule has 0 bridgehead atoms. The molecule has 4 N–H and O–H groups in total. The Bertz CT molecular complexity index is 348. The molecule has 216 valence electrons. The van der Waals surface area contributed by atoms with Crippen molar-refractivity contribution in [3.63, 3.8) is 0 Å². The van der Waals surface area contributed by atoms with Crippen molar-refractivity contribution in [2.75, 3.05) is 52.4 Å². The second-order valence-corrected chi connectivity index (χ2v) is 10.4. The standard InChI is InChI=1S/C27H56N4.4ClH/c1(2-10-18-28-20-12-22-30-24-26-14-6-4-7-15-26)3-11-19-29-21-13-23-31-25-27-16-8-5-9-17-27;;;;/h26-31H,1-25H2;4*1H. The zero-order valence-corrected chi connectivity index (χ0v) is 25.7. The van der Waals surface area contributed by atoms with Crippen molar-refractivity contribution in [2.45, 2.75) is 109 Å². The minimum Gasteiger partial charge on any atom is -0.317 e. The second-order valence-electron chi connectivity index (χ2n) is 10.4. The Labute approximate surface area is 243 Å². The van der Waals surface area contributed by atoms with Crippen LogP contribution in [0.1, 0.15) is 109 Å². The van der Waals surface area contributed by atoms with Crippen LogP contribution in [0.15, 0.2) is 0 Å². The van der Waals surface area contributed by atoms with E-state index in [2.05, 4.69) is 21.3 Å². The van der Waals surface area contributed by atoms with E-state index in [-0.39, 0.29) is 49.6 Å². The van der Waals surface area contributed by atoms with Crippen molar-refractivity contribution < 1.29 is 0 Å². The lowest BCUT2D eigenvalue weighted by Gasteiger charge is -2.21. The van der Waals surface area contributed by atoms with Gasteiger partial charge in [0.05, 0.1) is 0 Å². The largest absolute Gasteiger partial charge is 0.317 e. The van der Waals surface area contributed by atoms with Crippen LogP contribution in [0.3, 0.4) is 0 Å². The lowest BCUT2D eigenvalue weighted by molar-refractivity contribution is 0.342. The topological polar surface area (TPSA) is 48.1 Å². The van der Waals surface area contributed by atoms with Crippen LogP contribution in [0, 0.1) is 11.8 Å². The van der Waals surface area contributed by atoms with Crippen molar-refractivity contribution in [2.24, 2.45) is 11.8 Å². The summed E-state index contributed by atoms with van der Waals surface area (Å²) < 4.78 is 0. The molecule has 0 radical (unpaired) electrons. The minimum absolute atomic E-state index is 0. The van der Waals surface area contributed by atoms with Crippen LogP contribution in [0.5, 0.6) is 0 Å². The molecular weight excluding hydrogens is 522 g/mol. The molecule has 0 atom stereocenters. The van der Waals surface area contributed by atoms with Crippen molar-refractivity contribution in [1.29, 1.82) is 0 Å². The maximum absolute atomic E-state index is 3.67. The minimum atomic E-state index is 0. The molecule has 2 aliphatic rings. The SMILES string of the molecule is C(CCCNCCCNCC1CCCCC1)CCCNCCCNCC1CCCCC1.Cl.Cl.Cl.Cl. The van der Waals surface area contributed by atoms with Gasteiger partial charge in [-0.05, 0) is 116 Å². The Kier molecular flexibility index (Phi) is 36.1. The van der Waals surface area contributed by atoms with Crippen LogP contribution in [0.25, 0.3) is 0 Å². The highest BCUT2D eigenvalue weighted by molar-refractivity contribution is 5.86. The van der Waals surface area contributed by atoms with Gasteiger partial charge < -0.3 is 21.3 Å². The van der Waals surface area contributed by atoms with Gasteiger partial charge >= 0.3 is 0 Å². The number of unbranched alkanes of at least 4 members (excludes halogenated alkanes) is 4. The zero-order chi connectivity index (χ0) is 21.7. The van der Waals surface area contributed by atoms with Crippen molar-refractivity contribution in [1.82, 2.24) is 21.3 Å². The lowest BCUT2D eigenvalue weighted by atomic mass is 9.89. The molecule has 35 heavy (non-hydrogen) atoms. The first-order valence-corrected chi connectivity index (χ1v) is 14.3. The van der Waals surface area contributed by atoms with Crippen molar-refractivity contribution >= 4 is 49.6 Å². The molecule has 0 aliphatic heterocycles.